The molecular formula is C18H22N4O. The van der Waals surface area contributed by atoms with E-state index in [1.54, 1.807) is 18.2 Å². The lowest BCUT2D eigenvalue weighted by atomic mass is 9.96. The van der Waals surface area contributed by atoms with Crippen LogP contribution in [0.3, 0.4) is 0 Å². The van der Waals surface area contributed by atoms with Crippen LogP contribution in [0.25, 0.3) is 5.57 Å². The monoisotopic (exact) mass is 310 g/mol. The van der Waals surface area contributed by atoms with Gasteiger partial charge in [-0.3, -0.25) is 4.79 Å². The zero-order valence-electron chi connectivity index (χ0n) is 13.4. The SMILES string of the molecule is C=C(C(=O)NC1CC2CCC(C1)N2C)c1cc(C#N)ccc1N. The highest BCUT2D eigenvalue weighted by molar-refractivity contribution is 6.20. The minimum atomic E-state index is -0.194. The Balaban J connectivity index is 1.69. The first-order valence-electron chi connectivity index (χ1n) is 8.01. The van der Waals surface area contributed by atoms with Crippen LogP contribution in [0, 0.1) is 11.3 Å². The van der Waals surface area contributed by atoms with E-state index in [9.17, 15) is 4.79 Å². The molecule has 2 saturated heterocycles. The van der Waals surface area contributed by atoms with E-state index in [0.717, 1.165) is 12.8 Å². The Kier molecular flexibility index (Phi) is 4.10. The van der Waals surface area contributed by atoms with Crippen molar-refractivity contribution in [1.82, 2.24) is 10.2 Å². The van der Waals surface area contributed by atoms with Crippen molar-refractivity contribution in [3.8, 4) is 6.07 Å². The van der Waals surface area contributed by atoms with Crippen molar-refractivity contribution >= 4 is 17.2 Å². The summed E-state index contributed by atoms with van der Waals surface area (Å²) in [5.41, 5.74) is 7.73. The lowest BCUT2D eigenvalue weighted by Gasteiger charge is -2.36. The Hall–Kier alpha value is -2.32. The molecule has 2 fully saturated rings. The third-order valence-corrected chi connectivity index (χ3v) is 5.22. The molecule has 2 heterocycles. The molecule has 23 heavy (non-hydrogen) atoms. The van der Waals surface area contributed by atoms with Crippen molar-refractivity contribution in [1.29, 1.82) is 5.26 Å². The molecule has 2 atom stereocenters. The second-order valence-corrected chi connectivity index (χ2v) is 6.58. The summed E-state index contributed by atoms with van der Waals surface area (Å²) in [4.78, 5) is 15.0. The first-order chi connectivity index (χ1) is 11.0. The van der Waals surface area contributed by atoms with E-state index in [2.05, 4.69) is 29.9 Å². The lowest BCUT2D eigenvalue weighted by Crippen LogP contribution is -2.48. The van der Waals surface area contributed by atoms with Crippen LogP contribution in [0.1, 0.15) is 36.8 Å². The van der Waals surface area contributed by atoms with Crippen LogP contribution in [0.2, 0.25) is 0 Å². The Labute approximate surface area is 136 Å². The fourth-order valence-electron chi connectivity index (χ4n) is 3.81. The van der Waals surface area contributed by atoms with Gasteiger partial charge in [0.15, 0.2) is 0 Å². The normalized spacial score (nSPS) is 26.5. The molecule has 3 rings (SSSR count). The number of benzene rings is 1. The smallest absolute Gasteiger partial charge is 0.251 e. The van der Waals surface area contributed by atoms with E-state index < -0.39 is 0 Å². The van der Waals surface area contributed by atoms with Crippen LogP contribution >= 0.6 is 0 Å². The van der Waals surface area contributed by atoms with E-state index in [-0.39, 0.29) is 11.9 Å². The van der Waals surface area contributed by atoms with Gasteiger partial charge in [-0.25, -0.2) is 0 Å². The molecular weight excluding hydrogens is 288 g/mol. The maximum Gasteiger partial charge on any atom is 0.251 e. The molecule has 2 aliphatic rings. The summed E-state index contributed by atoms with van der Waals surface area (Å²) in [7, 11) is 2.17. The molecule has 120 valence electrons. The van der Waals surface area contributed by atoms with E-state index in [1.807, 2.05) is 0 Å². The van der Waals surface area contributed by atoms with Crippen LogP contribution in [0.5, 0.6) is 0 Å². The number of anilines is 1. The number of hydrogen-bond donors (Lipinski definition) is 2. The highest BCUT2D eigenvalue weighted by Crippen LogP contribution is 2.34. The molecule has 0 aromatic heterocycles. The largest absolute Gasteiger partial charge is 0.398 e. The molecule has 2 unspecified atom stereocenters. The zero-order valence-corrected chi connectivity index (χ0v) is 13.4. The zero-order chi connectivity index (χ0) is 16.6. The second-order valence-electron chi connectivity index (χ2n) is 6.58. The molecule has 0 saturated carbocycles. The number of nitrogens with zero attached hydrogens (tertiary/aromatic N) is 2. The first kappa shape index (κ1) is 15.6. The molecule has 0 aliphatic carbocycles. The van der Waals surface area contributed by atoms with Gasteiger partial charge in [0.2, 0.25) is 0 Å². The van der Waals surface area contributed by atoms with Crippen molar-refractivity contribution in [3.05, 3.63) is 35.9 Å². The molecule has 2 bridgehead atoms. The van der Waals surface area contributed by atoms with Crippen molar-refractivity contribution < 1.29 is 4.79 Å². The van der Waals surface area contributed by atoms with Gasteiger partial charge in [0.1, 0.15) is 0 Å². The summed E-state index contributed by atoms with van der Waals surface area (Å²) >= 11 is 0. The highest BCUT2D eigenvalue weighted by Gasteiger charge is 2.38. The van der Waals surface area contributed by atoms with E-state index in [0.29, 0.717) is 34.5 Å². The van der Waals surface area contributed by atoms with Crippen LogP contribution in [0.15, 0.2) is 24.8 Å². The molecule has 1 amide bonds. The molecule has 3 N–H and O–H groups in total. The maximum atomic E-state index is 12.5. The number of nitrogen functional groups attached to an aromatic ring is 1. The average Bonchev–Trinajstić information content (AvgIpc) is 2.76. The third kappa shape index (κ3) is 2.95. The van der Waals surface area contributed by atoms with E-state index in [4.69, 9.17) is 11.0 Å². The summed E-state index contributed by atoms with van der Waals surface area (Å²) < 4.78 is 0. The van der Waals surface area contributed by atoms with Gasteiger partial charge in [-0.05, 0) is 50.9 Å². The molecule has 1 aromatic rings. The maximum absolute atomic E-state index is 12.5. The highest BCUT2D eigenvalue weighted by atomic mass is 16.1. The predicted octanol–water partition coefficient (Wildman–Crippen LogP) is 1.90. The number of rotatable bonds is 3. The number of carbonyl (C=O) groups excluding carboxylic acids is 1. The number of carbonyl (C=O) groups is 1. The van der Waals surface area contributed by atoms with Gasteiger partial charge < -0.3 is 16.0 Å². The third-order valence-electron chi connectivity index (χ3n) is 5.22. The Bertz CT molecular complexity index is 677. The van der Waals surface area contributed by atoms with Crippen molar-refractivity contribution in [2.24, 2.45) is 0 Å². The number of nitrogens with two attached hydrogens (primary N) is 1. The number of nitrogens with one attached hydrogen (secondary N) is 1. The topological polar surface area (TPSA) is 82.2 Å². The number of hydrogen-bond acceptors (Lipinski definition) is 4. The molecule has 2 aliphatic heterocycles. The molecule has 0 radical (unpaired) electrons. The van der Waals surface area contributed by atoms with Gasteiger partial charge in [0.05, 0.1) is 11.6 Å². The van der Waals surface area contributed by atoms with Gasteiger partial charge in [-0.15, -0.1) is 0 Å². The minimum Gasteiger partial charge on any atom is -0.398 e. The fourth-order valence-corrected chi connectivity index (χ4v) is 3.81. The average molecular weight is 310 g/mol. The van der Waals surface area contributed by atoms with E-state index in [1.165, 1.54) is 12.8 Å². The van der Waals surface area contributed by atoms with Gasteiger partial charge in [0, 0.05) is 34.9 Å². The standard InChI is InChI=1S/C18H22N4O/c1-11(16-7-12(10-19)3-6-17(16)20)18(23)21-13-8-14-4-5-15(9-13)22(14)2/h3,6-7,13-15H,1,4-5,8-9,20H2,2H3,(H,21,23). The van der Waals surface area contributed by atoms with Gasteiger partial charge in [-0.1, -0.05) is 6.58 Å². The lowest BCUT2D eigenvalue weighted by molar-refractivity contribution is -0.116. The van der Waals surface area contributed by atoms with Crippen molar-refractivity contribution in [2.45, 2.75) is 43.8 Å². The molecule has 1 aromatic carbocycles. The number of fused-ring (bicyclic) bond motifs is 2. The van der Waals surface area contributed by atoms with Gasteiger partial charge in [0.25, 0.3) is 5.91 Å². The fraction of sp³-hybridized carbons (Fsp3) is 0.444. The number of amides is 1. The van der Waals surface area contributed by atoms with Crippen molar-refractivity contribution in [3.63, 3.8) is 0 Å². The number of nitriles is 1. The summed E-state index contributed by atoms with van der Waals surface area (Å²) in [6, 6.07) is 8.29. The second kappa shape index (κ2) is 6.05. The Morgan fingerprint density at radius 2 is 2.04 bits per heavy atom. The van der Waals surface area contributed by atoms with Gasteiger partial charge >= 0.3 is 0 Å². The van der Waals surface area contributed by atoms with Gasteiger partial charge in [-0.2, -0.15) is 5.26 Å². The molecule has 0 spiro atoms. The number of piperidine rings is 1. The summed E-state index contributed by atoms with van der Waals surface area (Å²) in [6.45, 7) is 3.88. The van der Waals surface area contributed by atoms with E-state index >= 15 is 0 Å². The summed E-state index contributed by atoms with van der Waals surface area (Å²) in [5.74, 6) is -0.194. The summed E-state index contributed by atoms with van der Waals surface area (Å²) in [5, 5.41) is 12.1. The quantitative estimate of drug-likeness (QED) is 0.660. The van der Waals surface area contributed by atoms with Crippen molar-refractivity contribution in [2.75, 3.05) is 12.8 Å². The van der Waals surface area contributed by atoms with Crippen LogP contribution in [-0.4, -0.2) is 36.0 Å². The minimum absolute atomic E-state index is 0.188. The Morgan fingerprint density at radius 1 is 1.39 bits per heavy atom. The van der Waals surface area contributed by atoms with Crippen LogP contribution < -0.4 is 11.1 Å². The molecule has 5 heteroatoms. The first-order valence-corrected chi connectivity index (χ1v) is 8.01. The van der Waals surface area contributed by atoms with Crippen LogP contribution in [-0.2, 0) is 4.79 Å². The van der Waals surface area contributed by atoms with Crippen LogP contribution in [0.4, 0.5) is 5.69 Å². The predicted molar refractivity (Wildman–Crippen MR) is 90.3 cm³/mol. The molecule has 5 nitrogen and oxygen atoms in total. The Morgan fingerprint density at radius 3 is 2.65 bits per heavy atom. The summed E-state index contributed by atoms with van der Waals surface area (Å²) in [6.07, 6.45) is 4.40.